The van der Waals surface area contributed by atoms with Crippen LogP contribution >= 0.6 is 0 Å². The maximum absolute atomic E-state index is 15.5. The smallest absolute Gasteiger partial charge is 0.416 e. The Morgan fingerprint density at radius 3 is 2.56 bits per heavy atom. The molecule has 9 nitrogen and oxygen atoms in total. The number of amidine groups is 1. The van der Waals surface area contributed by atoms with E-state index in [9.17, 15) is 26.4 Å². The summed E-state index contributed by atoms with van der Waals surface area (Å²) in [5.41, 5.74) is 5.18. The Hall–Kier alpha value is -4.01. The number of halogens is 4. The van der Waals surface area contributed by atoms with Gasteiger partial charge in [0.25, 0.3) is 5.56 Å². The van der Waals surface area contributed by atoms with Gasteiger partial charge in [-0.15, -0.1) is 4.40 Å². The van der Waals surface area contributed by atoms with Crippen LogP contribution in [-0.2, 0) is 29.4 Å². The molecule has 0 spiro atoms. The largest absolute Gasteiger partial charge is 0.495 e. The lowest BCUT2D eigenvalue weighted by Crippen LogP contribution is -2.42. The van der Waals surface area contributed by atoms with Crippen LogP contribution in [0, 0.1) is 12.7 Å². The fourth-order valence-electron chi connectivity index (χ4n) is 4.85. The van der Waals surface area contributed by atoms with Crippen LogP contribution in [0.1, 0.15) is 22.4 Å². The summed E-state index contributed by atoms with van der Waals surface area (Å²) in [7, 11) is -2.77. The third-order valence-electron chi connectivity index (χ3n) is 6.71. The molecule has 41 heavy (non-hydrogen) atoms. The molecule has 0 saturated heterocycles. The Labute approximate surface area is 232 Å². The molecular weight excluding hydrogens is 566 g/mol. The third-order valence-corrected chi connectivity index (χ3v) is 8.10. The molecule has 1 aromatic heterocycles. The standard InChI is InChI=1S/C27H25F4N5O4S/c1-16-10-18(12-19(11-16)27(29,30)31)20-13-24(40-2)23(14-21(20)28)36-22-7-9-35(15-17(22)5-6-26(36)37)41(38,39)34-25-4-3-8-32-33-25/h3-6,10-14,32H,7-9,15H2,1-2H3,(H,33,34). The van der Waals surface area contributed by atoms with Crippen molar-refractivity contribution in [2.45, 2.75) is 26.1 Å². The van der Waals surface area contributed by atoms with Gasteiger partial charge in [-0.05, 0) is 47.9 Å². The van der Waals surface area contributed by atoms with Crippen LogP contribution < -0.4 is 21.1 Å². The molecular formula is C27H25F4N5O4S. The minimum atomic E-state index is -4.62. The van der Waals surface area contributed by atoms with Crippen molar-refractivity contribution < 1.29 is 30.7 Å². The number of alkyl halides is 3. The van der Waals surface area contributed by atoms with Gasteiger partial charge in [0.05, 0.1) is 18.4 Å². The molecule has 0 saturated carbocycles. The number of methoxy groups -OCH3 is 1. The number of aromatic nitrogens is 1. The number of aryl methyl sites for hydroxylation is 1. The lowest BCUT2D eigenvalue weighted by Gasteiger charge is -2.29. The first-order chi connectivity index (χ1) is 19.4. The second-order valence-electron chi connectivity index (χ2n) is 9.51. The topological polar surface area (TPSA) is 105 Å². The van der Waals surface area contributed by atoms with Gasteiger partial charge in [-0.3, -0.25) is 9.36 Å². The maximum Gasteiger partial charge on any atom is 0.416 e. The highest BCUT2D eigenvalue weighted by Gasteiger charge is 2.32. The lowest BCUT2D eigenvalue weighted by molar-refractivity contribution is -0.137. The summed E-state index contributed by atoms with van der Waals surface area (Å²) in [5, 5.41) is 0. The zero-order chi connectivity index (χ0) is 29.5. The monoisotopic (exact) mass is 591 g/mol. The minimum Gasteiger partial charge on any atom is -0.495 e. The summed E-state index contributed by atoms with van der Waals surface area (Å²) in [6.07, 6.45) is -1.27. The van der Waals surface area contributed by atoms with Crippen molar-refractivity contribution in [1.29, 1.82) is 0 Å². The molecule has 2 aromatic carbocycles. The van der Waals surface area contributed by atoms with Gasteiger partial charge in [-0.2, -0.15) is 25.9 Å². The fourth-order valence-corrected chi connectivity index (χ4v) is 5.94. The van der Waals surface area contributed by atoms with Crippen LogP contribution in [0.3, 0.4) is 0 Å². The predicted octanol–water partition coefficient (Wildman–Crippen LogP) is 3.64. The summed E-state index contributed by atoms with van der Waals surface area (Å²) in [6, 6.07) is 8.28. The van der Waals surface area contributed by atoms with E-state index in [1.807, 2.05) is 0 Å². The van der Waals surface area contributed by atoms with E-state index in [1.165, 1.54) is 48.9 Å². The first-order valence-corrected chi connectivity index (χ1v) is 13.8. The average molecular weight is 592 g/mol. The zero-order valence-corrected chi connectivity index (χ0v) is 22.7. The summed E-state index contributed by atoms with van der Waals surface area (Å²) < 4.78 is 93.3. The van der Waals surface area contributed by atoms with Crippen molar-refractivity contribution >= 4 is 16.0 Å². The lowest BCUT2D eigenvalue weighted by atomic mass is 9.98. The Balaban J connectivity index is 1.55. The minimum absolute atomic E-state index is 0.000891. The van der Waals surface area contributed by atoms with Crippen LogP contribution in [0.5, 0.6) is 5.75 Å². The number of nitrogens with zero attached hydrogens (tertiary/aromatic N) is 3. The van der Waals surface area contributed by atoms with Crippen molar-refractivity contribution in [1.82, 2.24) is 19.7 Å². The first-order valence-electron chi connectivity index (χ1n) is 12.4. The average Bonchev–Trinajstić information content (AvgIpc) is 2.92. The number of pyridine rings is 1. The molecule has 2 aliphatic heterocycles. The summed E-state index contributed by atoms with van der Waals surface area (Å²) in [6.45, 7) is 1.91. The first kappa shape index (κ1) is 28.5. The van der Waals surface area contributed by atoms with Gasteiger partial charge in [-0.1, -0.05) is 18.2 Å². The number of ether oxygens (including phenoxy) is 1. The number of hydrogen-bond acceptors (Lipinski definition) is 5. The summed E-state index contributed by atoms with van der Waals surface area (Å²) >= 11 is 0. The van der Waals surface area contributed by atoms with Crippen molar-refractivity contribution in [2.75, 3.05) is 20.2 Å². The molecule has 0 amide bonds. The Morgan fingerprint density at radius 2 is 1.88 bits per heavy atom. The van der Waals surface area contributed by atoms with Crippen molar-refractivity contribution in [3.8, 4) is 22.6 Å². The molecule has 3 heterocycles. The third kappa shape index (κ3) is 5.76. The van der Waals surface area contributed by atoms with Crippen molar-refractivity contribution in [3.63, 3.8) is 0 Å². The number of fused-ring (bicyclic) bond motifs is 1. The Bertz CT molecular complexity index is 1750. The molecule has 2 N–H and O–H groups in total. The molecule has 14 heteroatoms. The molecule has 0 atom stereocenters. The highest BCUT2D eigenvalue weighted by Crippen LogP contribution is 2.37. The van der Waals surface area contributed by atoms with Gasteiger partial charge in [0.1, 0.15) is 11.6 Å². The summed E-state index contributed by atoms with van der Waals surface area (Å²) in [4.78, 5) is 13.1. The second kappa shape index (κ2) is 10.8. The zero-order valence-electron chi connectivity index (χ0n) is 21.9. The molecule has 5 rings (SSSR count). The van der Waals surface area contributed by atoms with E-state index in [0.29, 0.717) is 23.4 Å². The van der Waals surface area contributed by atoms with Gasteiger partial charge >= 0.3 is 16.4 Å². The molecule has 0 aliphatic carbocycles. The normalized spacial score (nSPS) is 16.9. The molecule has 2 aliphatic rings. The molecule has 0 bridgehead atoms. The number of hydrogen-bond donors (Lipinski definition) is 2. The molecule has 0 unspecified atom stereocenters. The predicted molar refractivity (Wildman–Crippen MR) is 144 cm³/mol. The van der Waals surface area contributed by atoms with Gasteiger partial charge in [0.15, 0.2) is 5.84 Å². The maximum atomic E-state index is 15.5. The highest BCUT2D eigenvalue weighted by atomic mass is 32.2. The van der Waals surface area contributed by atoms with Crippen LogP contribution in [0.15, 0.2) is 63.8 Å². The van der Waals surface area contributed by atoms with Crippen LogP contribution in [-0.4, -0.2) is 43.3 Å². The quantitative estimate of drug-likeness (QED) is 0.439. The highest BCUT2D eigenvalue weighted by molar-refractivity contribution is 7.87. The molecule has 0 radical (unpaired) electrons. The number of hydrazine groups is 1. The molecule has 3 aromatic rings. The van der Waals surface area contributed by atoms with Gasteiger partial charge < -0.3 is 10.2 Å². The van der Waals surface area contributed by atoms with E-state index >= 15 is 4.39 Å². The van der Waals surface area contributed by atoms with Crippen LogP contribution in [0.25, 0.3) is 16.8 Å². The van der Waals surface area contributed by atoms with E-state index in [1.54, 1.807) is 6.08 Å². The van der Waals surface area contributed by atoms with Gasteiger partial charge in [0.2, 0.25) is 0 Å². The molecule has 216 valence electrons. The Morgan fingerprint density at radius 1 is 1.10 bits per heavy atom. The van der Waals surface area contributed by atoms with E-state index in [-0.39, 0.29) is 47.9 Å². The summed E-state index contributed by atoms with van der Waals surface area (Å²) in [5.74, 6) is -0.680. The second-order valence-corrected chi connectivity index (χ2v) is 11.1. The molecule has 0 fully saturated rings. The number of benzene rings is 2. The number of nitrogens with one attached hydrogen (secondary N) is 2. The van der Waals surface area contributed by atoms with Crippen molar-refractivity contribution in [3.05, 3.63) is 93.2 Å². The van der Waals surface area contributed by atoms with Crippen molar-refractivity contribution in [2.24, 2.45) is 4.40 Å². The SMILES string of the molecule is COc1cc(-c2cc(C)cc(C(F)(F)F)c2)c(F)cc1-n1c2c(ccc1=O)CN(S(=O)(=O)/N=C1\C=CCNN1)CC2. The van der Waals surface area contributed by atoms with Gasteiger partial charge in [-0.25, -0.2) is 9.82 Å². The van der Waals surface area contributed by atoms with Crippen LogP contribution in [0.2, 0.25) is 0 Å². The fraction of sp³-hybridized carbons (Fsp3) is 0.259. The van der Waals surface area contributed by atoms with E-state index in [4.69, 9.17) is 4.74 Å². The Kier molecular flexibility index (Phi) is 7.48. The van der Waals surface area contributed by atoms with E-state index in [0.717, 1.165) is 22.5 Å². The van der Waals surface area contributed by atoms with E-state index in [2.05, 4.69) is 15.2 Å². The number of rotatable bonds is 5. The van der Waals surface area contributed by atoms with E-state index < -0.39 is 33.3 Å². The van der Waals surface area contributed by atoms with Gasteiger partial charge in [0, 0.05) is 49.4 Å². The van der Waals surface area contributed by atoms with Crippen LogP contribution in [0.4, 0.5) is 17.6 Å².